The number of nitrogens with zero attached hydrogens (tertiary/aromatic N) is 1. The molecule has 0 N–H and O–H groups in total. The summed E-state index contributed by atoms with van der Waals surface area (Å²) < 4.78 is 5.29. The average Bonchev–Trinajstić information content (AvgIpc) is 2.90. The number of benzene rings is 1. The molecule has 1 atom stereocenters. The normalized spacial score (nSPS) is 20.4. The van der Waals surface area contributed by atoms with E-state index in [1.807, 2.05) is 30.3 Å². The Balaban J connectivity index is 1.98. The molecule has 0 amide bonds. The Bertz CT molecular complexity index is 454. The van der Waals surface area contributed by atoms with Crippen molar-refractivity contribution in [3.05, 3.63) is 35.9 Å². The van der Waals surface area contributed by atoms with Gasteiger partial charge in [-0.15, -0.1) is 11.8 Å². The van der Waals surface area contributed by atoms with Crippen molar-refractivity contribution >= 4 is 23.3 Å². The molecule has 1 heterocycles. The molecular weight excluding hydrogens is 258 g/mol. The van der Waals surface area contributed by atoms with Gasteiger partial charge in [0.15, 0.2) is 6.04 Å². The van der Waals surface area contributed by atoms with Gasteiger partial charge in [0.25, 0.3) is 0 Å². The largest absolute Gasteiger partial charge is 0.459 e. The third-order valence-corrected chi connectivity index (χ3v) is 5.14. The SMILES string of the molecule is CCC1(CC)SC=NC1C(=O)OCc1ccccc1. The van der Waals surface area contributed by atoms with Crippen LogP contribution in [0.1, 0.15) is 32.3 Å². The van der Waals surface area contributed by atoms with Crippen molar-refractivity contribution in [1.82, 2.24) is 0 Å². The molecule has 0 saturated heterocycles. The molecule has 1 aliphatic rings. The molecule has 0 saturated carbocycles. The van der Waals surface area contributed by atoms with E-state index in [1.165, 1.54) is 0 Å². The maximum absolute atomic E-state index is 12.2. The molecule has 0 aromatic heterocycles. The van der Waals surface area contributed by atoms with Crippen LogP contribution in [0.4, 0.5) is 0 Å². The second-order valence-corrected chi connectivity index (χ2v) is 5.90. The van der Waals surface area contributed by atoms with Crippen LogP contribution in [0, 0.1) is 0 Å². The number of hydrogen-bond acceptors (Lipinski definition) is 4. The first-order chi connectivity index (χ1) is 9.22. The van der Waals surface area contributed by atoms with E-state index < -0.39 is 0 Å². The van der Waals surface area contributed by atoms with E-state index in [0.29, 0.717) is 6.61 Å². The van der Waals surface area contributed by atoms with Gasteiger partial charge in [0.1, 0.15) is 6.61 Å². The second kappa shape index (κ2) is 6.24. The van der Waals surface area contributed by atoms with Crippen LogP contribution in [0.2, 0.25) is 0 Å². The van der Waals surface area contributed by atoms with Crippen LogP contribution in [0.5, 0.6) is 0 Å². The summed E-state index contributed by atoms with van der Waals surface area (Å²) in [7, 11) is 0. The molecule has 0 fully saturated rings. The van der Waals surface area contributed by atoms with Crippen LogP contribution in [0.25, 0.3) is 0 Å². The Morgan fingerprint density at radius 3 is 2.63 bits per heavy atom. The Hall–Kier alpha value is -1.29. The highest BCUT2D eigenvalue weighted by atomic mass is 32.2. The molecule has 102 valence electrons. The minimum absolute atomic E-state index is 0.117. The Kier molecular flexibility index (Phi) is 4.64. The fourth-order valence-corrected chi connectivity index (χ4v) is 3.29. The first-order valence-corrected chi connectivity index (χ1v) is 7.50. The van der Waals surface area contributed by atoms with Gasteiger partial charge in [0, 0.05) is 0 Å². The summed E-state index contributed by atoms with van der Waals surface area (Å²) in [5.41, 5.74) is 2.80. The molecule has 1 aliphatic heterocycles. The lowest BCUT2D eigenvalue weighted by atomic mass is 9.93. The van der Waals surface area contributed by atoms with E-state index in [-0.39, 0.29) is 16.8 Å². The van der Waals surface area contributed by atoms with E-state index in [4.69, 9.17) is 4.74 Å². The second-order valence-electron chi connectivity index (χ2n) is 4.64. The van der Waals surface area contributed by atoms with Crippen molar-refractivity contribution in [1.29, 1.82) is 0 Å². The summed E-state index contributed by atoms with van der Waals surface area (Å²) in [4.78, 5) is 16.5. The van der Waals surface area contributed by atoms with Gasteiger partial charge in [-0.2, -0.15) is 0 Å². The van der Waals surface area contributed by atoms with E-state index in [1.54, 1.807) is 17.3 Å². The summed E-state index contributed by atoms with van der Waals surface area (Å²) >= 11 is 1.66. The zero-order valence-corrected chi connectivity index (χ0v) is 12.2. The Labute approximate surface area is 118 Å². The monoisotopic (exact) mass is 277 g/mol. The molecule has 2 rings (SSSR count). The number of rotatable bonds is 5. The molecule has 0 aliphatic carbocycles. The van der Waals surface area contributed by atoms with Gasteiger partial charge < -0.3 is 4.74 Å². The molecule has 0 radical (unpaired) electrons. The van der Waals surface area contributed by atoms with Crippen LogP contribution < -0.4 is 0 Å². The lowest BCUT2D eigenvalue weighted by Gasteiger charge is -2.29. The lowest BCUT2D eigenvalue weighted by molar-refractivity contribution is -0.147. The molecule has 4 heteroatoms. The molecular formula is C15H19NO2S. The number of ether oxygens (including phenoxy) is 1. The molecule has 1 unspecified atom stereocenters. The van der Waals surface area contributed by atoms with Crippen molar-refractivity contribution in [3.63, 3.8) is 0 Å². The van der Waals surface area contributed by atoms with E-state index in [0.717, 1.165) is 18.4 Å². The number of carbonyl (C=O) groups excluding carboxylic acids is 1. The van der Waals surface area contributed by atoms with Crippen LogP contribution in [-0.4, -0.2) is 22.3 Å². The summed E-state index contributed by atoms with van der Waals surface area (Å²) in [6.45, 7) is 4.52. The van der Waals surface area contributed by atoms with E-state index >= 15 is 0 Å². The maximum atomic E-state index is 12.2. The highest BCUT2D eigenvalue weighted by Crippen LogP contribution is 2.41. The van der Waals surface area contributed by atoms with Gasteiger partial charge in [0.2, 0.25) is 0 Å². The summed E-state index contributed by atoms with van der Waals surface area (Å²) in [6, 6.07) is 9.36. The van der Waals surface area contributed by atoms with Gasteiger partial charge in [-0.1, -0.05) is 44.2 Å². The maximum Gasteiger partial charge on any atom is 0.332 e. The molecule has 1 aromatic carbocycles. The third kappa shape index (κ3) is 3.00. The number of aliphatic imine (C=N–C) groups is 1. The van der Waals surface area contributed by atoms with Crippen molar-refractivity contribution in [2.24, 2.45) is 4.99 Å². The lowest BCUT2D eigenvalue weighted by Crippen LogP contribution is -2.40. The van der Waals surface area contributed by atoms with Gasteiger partial charge in [-0.05, 0) is 18.4 Å². The smallest absolute Gasteiger partial charge is 0.332 e. The van der Waals surface area contributed by atoms with Crippen molar-refractivity contribution in [2.75, 3.05) is 0 Å². The molecule has 19 heavy (non-hydrogen) atoms. The van der Waals surface area contributed by atoms with E-state index in [9.17, 15) is 4.79 Å². The zero-order chi connectivity index (χ0) is 13.7. The number of esters is 1. The first-order valence-electron chi connectivity index (χ1n) is 6.62. The van der Waals surface area contributed by atoms with Crippen LogP contribution in [0.15, 0.2) is 35.3 Å². The average molecular weight is 277 g/mol. The highest BCUT2D eigenvalue weighted by molar-refractivity contribution is 8.13. The standard InChI is InChI=1S/C15H19NO2S/c1-3-15(4-2)13(16-11-19-15)14(17)18-10-12-8-6-5-7-9-12/h5-9,11,13H,3-4,10H2,1-2H3. The van der Waals surface area contributed by atoms with Gasteiger partial charge in [-0.25, -0.2) is 4.79 Å². The van der Waals surface area contributed by atoms with Gasteiger partial charge in [0.05, 0.1) is 10.3 Å². The van der Waals surface area contributed by atoms with Crippen LogP contribution >= 0.6 is 11.8 Å². The minimum Gasteiger partial charge on any atom is -0.459 e. The molecule has 3 nitrogen and oxygen atoms in total. The molecule has 0 bridgehead atoms. The predicted octanol–water partition coefficient (Wildman–Crippen LogP) is 3.43. The number of hydrogen-bond donors (Lipinski definition) is 0. The summed E-state index contributed by atoms with van der Waals surface area (Å²) in [5.74, 6) is -0.214. The highest BCUT2D eigenvalue weighted by Gasteiger charge is 2.44. The van der Waals surface area contributed by atoms with Gasteiger partial charge >= 0.3 is 5.97 Å². The topological polar surface area (TPSA) is 38.7 Å². The molecule has 0 spiro atoms. The Morgan fingerprint density at radius 1 is 1.32 bits per heavy atom. The van der Waals surface area contributed by atoms with Crippen molar-refractivity contribution in [2.45, 2.75) is 44.1 Å². The third-order valence-electron chi connectivity index (χ3n) is 3.64. The van der Waals surface area contributed by atoms with Crippen molar-refractivity contribution < 1.29 is 9.53 Å². The summed E-state index contributed by atoms with van der Waals surface area (Å²) in [5, 5.41) is 0. The van der Waals surface area contributed by atoms with Crippen LogP contribution in [-0.2, 0) is 16.1 Å². The predicted molar refractivity (Wildman–Crippen MR) is 79.4 cm³/mol. The van der Waals surface area contributed by atoms with Gasteiger partial charge in [-0.3, -0.25) is 4.99 Å². The van der Waals surface area contributed by atoms with Crippen LogP contribution in [0.3, 0.4) is 0 Å². The fraction of sp³-hybridized carbons (Fsp3) is 0.467. The summed E-state index contributed by atoms with van der Waals surface area (Å²) in [6.07, 6.45) is 1.83. The minimum atomic E-state index is -0.365. The first kappa shape index (κ1) is 14.1. The number of thioether (sulfide) groups is 1. The number of carbonyl (C=O) groups is 1. The zero-order valence-electron chi connectivity index (χ0n) is 11.3. The van der Waals surface area contributed by atoms with Crippen molar-refractivity contribution in [3.8, 4) is 0 Å². The fourth-order valence-electron chi connectivity index (χ4n) is 2.28. The quantitative estimate of drug-likeness (QED) is 0.774. The molecule has 1 aromatic rings. The Morgan fingerprint density at radius 2 is 2.00 bits per heavy atom. The van der Waals surface area contributed by atoms with E-state index in [2.05, 4.69) is 18.8 Å².